The number of aromatic nitrogens is 5. The largest absolute Gasteiger partial charge is 0.383 e. The van der Waals surface area contributed by atoms with Crippen molar-refractivity contribution in [2.45, 2.75) is 25.3 Å². The quantitative estimate of drug-likeness (QED) is 0.0574. The number of hydrogen-bond acceptors (Lipinski definition) is 16. The number of anilines is 1. The number of aromatic amines is 1. The Hall–Kier alpha value is -3.86. The molecule has 1 amide bonds. The number of carbonyl (C=O) groups is 1. The fourth-order valence-electron chi connectivity index (χ4n) is 6.49. The van der Waals surface area contributed by atoms with E-state index < -0.39 is 0 Å². The van der Waals surface area contributed by atoms with Crippen LogP contribution in [0.25, 0.3) is 33.2 Å². The molecule has 5 rings (SSSR count). The predicted octanol–water partition coefficient (Wildman–Crippen LogP) is 2.24. The third-order valence-corrected chi connectivity index (χ3v) is 9.58. The Morgan fingerprint density at radius 3 is 1.63 bits per heavy atom. The van der Waals surface area contributed by atoms with Crippen molar-refractivity contribution in [1.29, 1.82) is 0 Å². The van der Waals surface area contributed by atoms with Gasteiger partial charge in [-0.1, -0.05) is 6.07 Å². The summed E-state index contributed by atoms with van der Waals surface area (Å²) in [6.07, 6.45) is 5.24. The fourth-order valence-corrected chi connectivity index (χ4v) is 6.49. The van der Waals surface area contributed by atoms with Gasteiger partial charge in [0.15, 0.2) is 5.65 Å². The summed E-state index contributed by atoms with van der Waals surface area (Å²) >= 11 is 0. The van der Waals surface area contributed by atoms with E-state index in [1.54, 1.807) is 0 Å². The standard InChI is InChI=1S/C41H64N8O11/c42-7-12-52-14-16-54-18-20-56-22-24-58-26-28-60-30-29-59-27-25-57-23-21-55-19-17-53-15-13-51-11-6-37(50)48-9-4-35(5-10-48)49-41-38(40(43)45-32-46-41)39(47-49)34-1-2-36-33(31-34)3-8-44-36/h1-3,8,31-32,35,44H,4-7,9-30,42H2,(H2,43,45,46). The highest BCUT2D eigenvalue weighted by atomic mass is 16.6. The first-order valence-corrected chi connectivity index (χ1v) is 21.0. The minimum absolute atomic E-state index is 0.0820. The number of nitrogens with zero attached hydrogens (tertiary/aromatic N) is 5. The summed E-state index contributed by atoms with van der Waals surface area (Å²) in [5.74, 6) is 0.483. The van der Waals surface area contributed by atoms with Gasteiger partial charge in [0, 0.05) is 42.3 Å². The number of piperidine rings is 1. The molecule has 0 radical (unpaired) electrons. The molecule has 334 valence electrons. The summed E-state index contributed by atoms with van der Waals surface area (Å²) < 4.78 is 56.8. The fraction of sp³-hybridized carbons (Fsp3) is 0.659. The number of amides is 1. The first kappa shape index (κ1) is 47.2. The SMILES string of the molecule is NCCOCCOCCOCCOCCOCCOCCOCCOCCOCCOCCC(=O)N1CCC(n2nc(-c3ccc4[nH]ccc4c3)c3c(N)ncnc32)CC1. The average Bonchev–Trinajstić information content (AvgIpc) is 3.91. The van der Waals surface area contributed by atoms with Gasteiger partial charge in [-0.05, 0) is 31.0 Å². The third kappa shape index (κ3) is 16.5. The number of hydrogen-bond donors (Lipinski definition) is 3. The monoisotopic (exact) mass is 844 g/mol. The normalized spacial score (nSPS) is 13.7. The number of ether oxygens (including phenoxy) is 10. The molecule has 1 fully saturated rings. The van der Waals surface area contributed by atoms with Crippen molar-refractivity contribution in [3.63, 3.8) is 0 Å². The van der Waals surface area contributed by atoms with Crippen molar-refractivity contribution in [2.75, 3.05) is 158 Å². The van der Waals surface area contributed by atoms with Crippen LogP contribution in [0, 0.1) is 0 Å². The average molecular weight is 845 g/mol. The molecule has 4 aromatic rings. The minimum Gasteiger partial charge on any atom is -0.383 e. The van der Waals surface area contributed by atoms with Gasteiger partial charge in [-0.15, -0.1) is 0 Å². The van der Waals surface area contributed by atoms with Crippen LogP contribution < -0.4 is 11.5 Å². The molecular formula is C41H64N8O11. The van der Waals surface area contributed by atoms with Crippen LogP contribution in [-0.4, -0.2) is 187 Å². The summed E-state index contributed by atoms with van der Waals surface area (Å²) in [6, 6.07) is 8.28. The van der Waals surface area contributed by atoms with Gasteiger partial charge in [0.05, 0.1) is 150 Å². The van der Waals surface area contributed by atoms with Gasteiger partial charge in [0.1, 0.15) is 17.8 Å². The topological polar surface area (TPSA) is 224 Å². The zero-order valence-electron chi connectivity index (χ0n) is 34.8. The van der Waals surface area contributed by atoms with Crippen LogP contribution in [0.2, 0.25) is 0 Å². The summed E-state index contributed by atoms with van der Waals surface area (Å²) in [6.45, 7) is 11.5. The number of fused-ring (bicyclic) bond motifs is 2. The lowest BCUT2D eigenvalue weighted by Gasteiger charge is -2.32. The van der Waals surface area contributed by atoms with Crippen molar-refractivity contribution in [2.24, 2.45) is 5.73 Å². The number of H-pyrrole nitrogens is 1. The highest BCUT2D eigenvalue weighted by molar-refractivity contribution is 6.00. The molecule has 3 aromatic heterocycles. The van der Waals surface area contributed by atoms with E-state index in [1.165, 1.54) is 6.33 Å². The van der Waals surface area contributed by atoms with Crippen LogP contribution in [0.1, 0.15) is 25.3 Å². The van der Waals surface area contributed by atoms with Crippen molar-refractivity contribution in [3.8, 4) is 11.3 Å². The molecule has 60 heavy (non-hydrogen) atoms. The van der Waals surface area contributed by atoms with Crippen molar-refractivity contribution in [1.82, 2.24) is 29.6 Å². The molecule has 0 unspecified atom stereocenters. The molecule has 1 aromatic carbocycles. The Morgan fingerprint density at radius 2 is 1.13 bits per heavy atom. The molecule has 0 bridgehead atoms. The number of likely N-dealkylation sites (tertiary alicyclic amines) is 1. The minimum atomic E-state index is 0.0820. The maximum absolute atomic E-state index is 12.9. The van der Waals surface area contributed by atoms with Crippen molar-refractivity contribution < 1.29 is 52.2 Å². The van der Waals surface area contributed by atoms with Crippen molar-refractivity contribution >= 4 is 33.7 Å². The summed E-state index contributed by atoms with van der Waals surface area (Å²) in [5, 5.41) is 6.85. The molecule has 0 atom stereocenters. The molecule has 1 saturated heterocycles. The summed E-state index contributed by atoms with van der Waals surface area (Å²) in [4.78, 5) is 26.9. The van der Waals surface area contributed by atoms with Crippen LogP contribution in [0.4, 0.5) is 5.82 Å². The van der Waals surface area contributed by atoms with E-state index in [-0.39, 0.29) is 11.9 Å². The second-order valence-electron chi connectivity index (χ2n) is 13.8. The predicted molar refractivity (Wildman–Crippen MR) is 224 cm³/mol. The van der Waals surface area contributed by atoms with E-state index in [4.69, 9.17) is 63.9 Å². The number of nitrogen functional groups attached to an aromatic ring is 1. The molecule has 1 aliphatic heterocycles. The Morgan fingerprint density at radius 1 is 0.650 bits per heavy atom. The molecule has 19 nitrogen and oxygen atoms in total. The van der Waals surface area contributed by atoms with Crippen LogP contribution in [0.3, 0.4) is 0 Å². The van der Waals surface area contributed by atoms with Gasteiger partial charge in [0.2, 0.25) is 5.91 Å². The van der Waals surface area contributed by atoms with Gasteiger partial charge < -0.3 is 68.7 Å². The Bertz CT molecular complexity index is 1750. The van der Waals surface area contributed by atoms with E-state index in [0.29, 0.717) is 170 Å². The second-order valence-corrected chi connectivity index (χ2v) is 13.8. The zero-order chi connectivity index (χ0) is 41.9. The van der Waals surface area contributed by atoms with E-state index in [0.717, 1.165) is 40.4 Å². The van der Waals surface area contributed by atoms with E-state index in [9.17, 15) is 4.79 Å². The van der Waals surface area contributed by atoms with Crippen LogP contribution in [0.15, 0.2) is 36.8 Å². The molecule has 0 spiro atoms. The first-order chi connectivity index (χ1) is 29.7. The Balaban J connectivity index is 0.776. The maximum Gasteiger partial charge on any atom is 0.224 e. The van der Waals surface area contributed by atoms with Crippen LogP contribution in [-0.2, 0) is 52.2 Å². The Labute approximate surface area is 351 Å². The third-order valence-electron chi connectivity index (χ3n) is 9.58. The van der Waals surface area contributed by atoms with E-state index >= 15 is 0 Å². The summed E-state index contributed by atoms with van der Waals surface area (Å²) in [7, 11) is 0. The van der Waals surface area contributed by atoms with Crippen LogP contribution >= 0.6 is 0 Å². The number of benzene rings is 1. The van der Waals surface area contributed by atoms with E-state index in [2.05, 4.69) is 21.0 Å². The molecule has 4 heterocycles. The smallest absolute Gasteiger partial charge is 0.224 e. The van der Waals surface area contributed by atoms with E-state index in [1.807, 2.05) is 34.0 Å². The van der Waals surface area contributed by atoms with Gasteiger partial charge in [0.25, 0.3) is 0 Å². The van der Waals surface area contributed by atoms with Gasteiger partial charge >= 0.3 is 0 Å². The lowest BCUT2D eigenvalue weighted by atomic mass is 10.0. The Kier molecular flexibility index (Phi) is 22.5. The molecule has 0 aliphatic carbocycles. The molecule has 1 aliphatic rings. The van der Waals surface area contributed by atoms with Gasteiger partial charge in [-0.3, -0.25) is 4.79 Å². The lowest BCUT2D eigenvalue weighted by Crippen LogP contribution is -2.39. The molecular weight excluding hydrogens is 780 g/mol. The molecule has 19 heteroatoms. The number of nitrogens with one attached hydrogen (secondary N) is 1. The van der Waals surface area contributed by atoms with Crippen LogP contribution in [0.5, 0.6) is 0 Å². The maximum atomic E-state index is 12.9. The number of carbonyl (C=O) groups excluding carboxylic acids is 1. The number of nitrogens with two attached hydrogens (primary N) is 2. The summed E-state index contributed by atoms with van der Waals surface area (Å²) in [5.41, 5.74) is 15.2. The molecule has 5 N–H and O–H groups in total. The van der Waals surface area contributed by atoms with Gasteiger partial charge in [-0.25, -0.2) is 14.6 Å². The lowest BCUT2D eigenvalue weighted by molar-refractivity contribution is -0.133. The first-order valence-electron chi connectivity index (χ1n) is 21.0. The van der Waals surface area contributed by atoms with Gasteiger partial charge in [-0.2, -0.15) is 5.10 Å². The second kappa shape index (κ2) is 28.6. The highest BCUT2D eigenvalue weighted by Gasteiger charge is 2.28. The number of rotatable bonds is 34. The molecule has 0 saturated carbocycles. The zero-order valence-corrected chi connectivity index (χ0v) is 34.8. The highest BCUT2D eigenvalue weighted by Crippen LogP contribution is 2.35. The van der Waals surface area contributed by atoms with Crippen molar-refractivity contribution in [3.05, 3.63) is 36.8 Å².